The molecule has 0 aliphatic carbocycles. The fourth-order valence-corrected chi connectivity index (χ4v) is 4.05. The highest BCUT2D eigenvalue weighted by Crippen LogP contribution is 2.33. The van der Waals surface area contributed by atoms with Gasteiger partial charge in [0.25, 0.3) is 5.91 Å². The Balaban J connectivity index is 2.35. The van der Waals surface area contributed by atoms with Crippen LogP contribution in [0.5, 0.6) is 0 Å². The summed E-state index contributed by atoms with van der Waals surface area (Å²) in [6.07, 6.45) is 0. The topological polar surface area (TPSA) is 89.3 Å². The minimum absolute atomic E-state index is 0.00944. The molecular formula is C11H7Cl2IN2O3S2. The Bertz CT molecular complexity index is 798. The zero-order valence-corrected chi connectivity index (χ0v) is 15.4. The lowest BCUT2D eigenvalue weighted by Crippen LogP contribution is -2.14. The fraction of sp³-hybridized carbons (Fsp3) is 0. The van der Waals surface area contributed by atoms with Crippen LogP contribution >= 0.6 is 57.1 Å². The van der Waals surface area contributed by atoms with Gasteiger partial charge >= 0.3 is 0 Å². The maximum absolute atomic E-state index is 12.0. The summed E-state index contributed by atoms with van der Waals surface area (Å²) in [7, 11) is -3.92. The lowest BCUT2D eigenvalue weighted by Gasteiger charge is -2.10. The predicted molar refractivity (Wildman–Crippen MR) is 92.8 cm³/mol. The smallest absolute Gasteiger partial charge is 0.256 e. The number of amides is 1. The molecule has 1 aromatic heterocycles. The highest BCUT2D eigenvalue weighted by molar-refractivity contribution is 14.1. The van der Waals surface area contributed by atoms with E-state index in [1.54, 1.807) is 11.4 Å². The van der Waals surface area contributed by atoms with E-state index in [2.05, 4.69) is 27.9 Å². The molecule has 21 heavy (non-hydrogen) atoms. The molecule has 0 bridgehead atoms. The summed E-state index contributed by atoms with van der Waals surface area (Å²) in [5.41, 5.74) is 0.601. The monoisotopic (exact) mass is 476 g/mol. The summed E-state index contributed by atoms with van der Waals surface area (Å²) in [5.74, 6) is -0.388. The molecule has 0 unspecified atom stereocenters. The zero-order chi connectivity index (χ0) is 15.8. The van der Waals surface area contributed by atoms with Crippen molar-refractivity contribution < 1.29 is 13.2 Å². The third-order valence-electron chi connectivity index (χ3n) is 2.41. The van der Waals surface area contributed by atoms with Gasteiger partial charge in [0.15, 0.2) is 0 Å². The standard InChI is InChI=1S/C11H7Cl2IN2O3S2/c12-7-2-6(21(15,18)19)3-8(13)10(7)16-11(17)5-1-9(14)20-4-5/h1-4H,(H,16,17)(H2,15,18,19). The number of sulfonamides is 1. The minimum atomic E-state index is -3.92. The van der Waals surface area contributed by atoms with E-state index < -0.39 is 10.0 Å². The summed E-state index contributed by atoms with van der Waals surface area (Å²) >= 11 is 15.4. The van der Waals surface area contributed by atoms with E-state index in [9.17, 15) is 13.2 Å². The van der Waals surface area contributed by atoms with Gasteiger partial charge in [-0.1, -0.05) is 23.2 Å². The molecule has 5 nitrogen and oxygen atoms in total. The molecule has 0 fully saturated rings. The van der Waals surface area contributed by atoms with Gasteiger partial charge in [0, 0.05) is 5.38 Å². The van der Waals surface area contributed by atoms with Crippen LogP contribution in [0.15, 0.2) is 28.5 Å². The Morgan fingerprint density at radius 3 is 2.24 bits per heavy atom. The van der Waals surface area contributed by atoms with E-state index >= 15 is 0 Å². The minimum Gasteiger partial charge on any atom is -0.319 e. The SMILES string of the molecule is NS(=O)(=O)c1cc(Cl)c(NC(=O)c2csc(I)c2)c(Cl)c1. The molecular weight excluding hydrogens is 470 g/mol. The summed E-state index contributed by atoms with van der Waals surface area (Å²) in [6.45, 7) is 0. The van der Waals surface area contributed by atoms with Gasteiger partial charge in [-0.25, -0.2) is 13.6 Å². The van der Waals surface area contributed by atoms with Crippen molar-refractivity contribution in [2.45, 2.75) is 4.90 Å². The molecule has 0 aliphatic rings. The second-order valence-corrected chi connectivity index (χ2v) is 9.08. The van der Waals surface area contributed by atoms with Gasteiger partial charge in [-0.05, 0) is 40.8 Å². The second kappa shape index (κ2) is 6.39. The molecule has 112 valence electrons. The number of benzene rings is 1. The number of carbonyl (C=O) groups is 1. The molecule has 0 saturated heterocycles. The van der Waals surface area contributed by atoms with Gasteiger partial charge in [-0.3, -0.25) is 4.79 Å². The van der Waals surface area contributed by atoms with Crippen molar-refractivity contribution in [3.63, 3.8) is 0 Å². The van der Waals surface area contributed by atoms with Crippen molar-refractivity contribution in [2.75, 3.05) is 5.32 Å². The maximum Gasteiger partial charge on any atom is 0.256 e. The first-order chi connectivity index (χ1) is 9.68. The van der Waals surface area contributed by atoms with Crippen LogP contribution in [-0.2, 0) is 10.0 Å². The first-order valence-corrected chi connectivity index (χ1v) is 9.52. The second-order valence-electron chi connectivity index (χ2n) is 3.90. The van der Waals surface area contributed by atoms with Gasteiger partial charge in [0.1, 0.15) is 0 Å². The van der Waals surface area contributed by atoms with E-state index in [0.717, 1.165) is 15.0 Å². The van der Waals surface area contributed by atoms with Gasteiger partial charge in [-0.15, -0.1) is 11.3 Å². The van der Waals surface area contributed by atoms with Crippen LogP contribution in [0.3, 0.4) is 0 Å². The normalized spacial score (nSPS) is 11.4. The first kappa shape index (κ1) is 17.0. The number of carbonyl (C=O) groups excluding carboxylic acids is 1. The number of anilines is 1. The number of halogens is 3. The number of nitrogens with two attached hydrogens (primary N) is 1. The molecule has 0 aliphatic heterocycles. The van der Waals surface area contributed by atoms with Crippen LogP contribution in [0.25, 0.3) is 0 Å². The molecule has 0 radical (unpaired) electrons. The highest BCUT2D eigenvalue weighted by atomic mass is 127. The van der Waals surface area contributed by atoms with Crippen LogP contribution in [-0.4, -0.2) is 14.3 Å². The quantitative estimate of drug-likeness (QED) is 0.663. The predicted octanol–water partition coefficient (Wildman–Crippen LogP) is 3.56. The average molecular weight is 477 g/mol. The number of thiophene rings is 1. The lowest BCUT2D eigenvalue weighted by molar-refractivity contribution is 0.102. The summed E-state index contributed by atoms with van der Waals surface area (Å²) in [6, 6.07) is 3.98. The van der Waals surface area contributed by atoms with E-state index in [-0.39, 0.29) is 26.5 Å². The third kappa shape index (κ3) is 4.08. The van der Waals surface area contributed by atoms with E-state index in [0.29, 0.717) is 5.56 Å². The summed E-state index contributed by atoms with van der Waals surface area (Å²) < 4.78 is 23.5. The van der Waals surface area contributed by atoms with Crippen molar-refractivity contribution >= 4 is 78.7 Å². The summed E-state index contributed by atoms with van der Waals surface area (Å²) in [5, 5.41) is 9.23. The summed E-state index contributed by atoms with van der Waals surface area (Å²) in [4.78, 5) is 11.8. The van der Waals surface area contributed by atoms with Gasteiger partial charge in [0.05, 0.1) is 29.1 Å². The molecule has 3 N–H and O–H groups in total. The largest absolute Gasteiger partial charge is 0.319 e. The van der Waals surface area contributed by atoms with Gasteiger partial charge < -0.3 is 5.32 Å². The average Bonchev–Trinajstić information content (AvgIpc) is 2.79. The Labute approximate surface area is 148 Å². The van der Waals surface area contributed by atoms with Crippen molar-refractivity contribution in [1.29, 1.82) is 0 Å². The molecule has 1 aromatic carbocycles. The number of hydrogen-bond donors (Lipinski definition) is 2. The molecule has 2 aromatic rings. The fourth-order valence-electron chi connectivity index (χ4n) is 1.45. The molecule has 2 rings (SSSR count). The first-order valence-electron chi connectivity index (χ1n) is 5.25. The number of primary sulfonamides is 1. The molecule has 1 heterocycles. The Morgan fingerprint density at radius 2 is 1.81 bits per heavy atom. The molecule has 0 saturated carbocycles. The Morgan fingerprint density at radius 1 is 1.24 bits per heavy atom. The van der Waals surface area contributed by atoms with Gasteiger partial charge in [-0.2, -0.15) is 0 Å². The van der Waals surface area contributed by atoms with Crippen LogP contribution in [0.1, 0.15) is 10.4 Å². The molecule has 0 atom stereocenters. The van der Waals surface area contributed by atoms with Gasteiger partial charge in [0.2, 0.25) is 10.0 Å². The Kier molecular flexibility index (Phi) is 5.16. The number of hydrogen-bond acceptors (Lipinski definition) is 4. The zero-order valence-electron chi connectivity index (χ0n) is 10.1. The maximum atomic E-state index is 12.0. The highest BCUT2D eigenvalue weighted by Gasteiger charge is 2.17. The van der Waals surface area contributed by atoms with Crippen LogP contribution in [0.2, 0.25) is 10.0 Å². The van der Waals surface area contributed by atoms with Crippen LogP contribution in [0, 0.1) is 2.88 Å². The van der Waals surface area contributed by atoms with Crippen molar-refractivity contribution in [1.82, 2.24) is 0 Å². The van der Waals surface area contributed by atoms with E-state index in [1.165, 1.54) is 11.3 Å². The van der Waals surface area contributed by atoms with E-state index in [1.807, 2.05) is 0 Å². The third-order valence-corrected chi connectivity index (χ3v) is 5.69. The number of rotatable bonds is 3. The molecule has 10 heteroatoms. The lowest BCUT2D eigenvalue weighted by atomic mass is 10.2. The Hall–Kier alpha value is -0.390. The van der Waals surface area contributed by atoms with Crippen molar-refractivity contribution in [3.8, 4) is 0 Å². The number of nitrogens with one attached hydrogen (secondary N) is 1. The van der Waals surface area contributed by atoms with Crippen molar-refractivity contribution in [2.24, 2.45) is 5.14 Å². The molecule has 1 amide bonds. The van der Waals surface area contributed by atoms with E-state index in [4.69, 9.17) is 28.3 Å². The molecule has 0 spiro atoms. The van der Waals surface area contributed by atoms with Crippen molar-refractivity contribution in [3.05, 3.63) is 42.1 Å². The van der Waals surface area contributed by atoms with Crippen LogP contribution < -0.4 is 10.5 Å². The van der Waals surface area contributed by atoms with Crippen LogP contribution in [0.4, 0.5) is 5.69 Å².